The van der Waals surface area contributed by atoms with Crippen LogP contribution in [0.15, 0.2) is 40.2 Å². The Balaban J connectivity index is 1.88. The van der Waals surface area contributed by atoms with Crippen molar-refractivity contribution in [2.45, 2.75) is 25.1 Å². The summed E-state index contributed by atoms with van der Waals surface area (Å²) < 4.78 is 39.1. The van der Waals surface area contributed by atoms with Gasteiger partial charge in [-0.15, -0.1) is 11.3 Å². The molecule has 0 radical (unpaired) electrons. The second-order valence-corrected chi connectivity index (χ2v) is 7.10. The highest BCUT2D eigenvalue weighted by Crippen LogP contribution is 2.44. The molecule has 1 saturated carbocycles. The molecule has 1 fully saturated rings. The lowest BCUT2D eigenvalue weighted by molar-refractivity contribution is -0.137. The molecule has 6 heteroatoms. The number of rotatable bonds is 4. The Morgan fingerprint density at radius 1 is 1.24 bits per heavy atom. The summed E-state index contributed by atoms with van der Waals surface area (Å²) in [6.45, 7) is 0. The van der Waals surface area contributed by atoms with Crippen molar-refractivity contribution in [2.75, 3.05) is 5.32 Å². The first kappa shape index (κ1) is 14.9. The van der Waals surface area contributed by atoms with E-state index in [1.165, 1.54) is 10.9 Å². The number of benzene rings is 1. The summed E-state index contributed by atoms with van der Waals surface area (Å²) >= 11 is 4.80. The fraction of sp³-hybridized carbons (Fsp3) is 0.333. The predicted octanol–water partition coefficient (Wildman–Crippen LogP) is 6.09. The lowest BCUT2D eigenvalue weighted by Crippen LogP contribution is -2.13. The van der Waals surface area contributed by atoms with E-state index in [0.717, 1.165) is 18.9 Å². The van der Waals surface area contributed by atoms with Crippen LogP contribution >= 0.6 is 27.3 Å². The first-order chi connectivity index (χ1) is 9.93. The largest absolute Gasteiger partial charge is 0.416 e. The SMILES string of the molecule is FC(F)(F)c1cc(Br)cc(NC(c2cccs2)C2CC2)c1. The fourth-order valence-electron chi connectivity index (χ4n) is 2.34. The predicted molar refractivity (Wildman–Crippen MR) is 82.6 cm³/mol. The number of hydrogen-bond donors (Lipinski definition) is 1. The lowest BCUT2D eigenvalue weighted by atomic mass is 10.1. The fourth-order valence-corrected chi connectivity index (χ4v) is 3.70. The smallest absolute Gasteiger partial charge is 0.377 e. The van der Waals surface area contributed by atoms with E-state index in [2.05, 4.69) is 21.2 Å². The van der Waals surface area contributed by atoms with Crippen LogP contribution in [0.25, 0.3) is 0 Å². The van der Waals surface area contributed by atoms with Gasteiger partial charge in [0.1, 0.15) is 0 Å². The van der Waals surface area contributed by atoms with Gasteiger partial charge in [-0.1, -0.05) is 22.0 Å². The van der Waals surface area contributed by atoms with Crippen LogP contribution in [0.4, 0.5) is 18.9 Å². The summed E-state index contributed by atoms with van der Waals surface area (Å²) in [5.41, 5.74) is -0.137. The van der Waals surface area contributed by atoms with Gasteiger partial charge >= 0.3 is 6.18 Å². The number of alkyl halides is 3. The van der Waals surface area contributed by atoms with Crippen molar-refractivity contribution in [3.8, 4) is 0 Å². The maximum atomic E-state index is 12.9. The summed E-state index contributed by atoms with van der Waals surface area (Å²) in [5, 5.41) is 5.27. The minimum absolute atomic E-state index is 0.0976. The highest BCUT2D eigenvalue weighted by atomic mass is 79.9. The quantitative estimate of drug-likeness (QED) is 0.681. The molecule has 3 rings (SSSR count). The topological polar surface area (TPSA) is 12.0 Å². The van der Waals surface area contributed by atoms with E-state index in [1.54, 1.807) is 17.4 Å². The molecule has 1 nitrogen and oxygen atoms in total. The Hall–Kier alpha value is -1.01. The highest BCUT2D eigenvalue weighted by Gasteiger charge is 2.34. The average Bonchev–Trinajstić information content (AvgIpc) is 3.09. The third kappa shape index (κ3) is 3.61. The van der Waals surface area contributed by atoms with Gasteiger partial charge in [-0.25, -0.2) is 0 Å². The molecule has 0 amide bonds. The summed E-state index contributed by atoms with van der Waals surface area (Å²) in [7, 11) is 0. The lowest BCUT2D eigenvalue weighted by Gasteiger charge is -2.19. The molecule has 21 heavy (non-hydrogen) atoms. The van der Waals surface area contributed by atoms with Crippen molar-refractivity contribution >= 4 is 33.0 Å². The zero-order valence-electron chi connectivity index (χ0n) is 11.0. The van der Waals surface area contributed by atoms with Crippen LogP contribution in [-0.2, 0) is 6.18 Å². The second-order valence-electron chi connectivity index (χ2n) is 5.20. The van der Waals surface area contributed by atoms with Gasteiger partial charge in [-0.3, -0.25) is 0 Å². The molecule has 1 aliphatic carbocycles. The first-order valence-corrected chi connectivity index (χ1v) is 8.28. The molecule has 2 aromatic rings. The van der Waals surface area contributed by atoms with Gasteiger partial charge in [0, 0.05) is 15.0 Å². The maximum absolute atomic E-state index is 12.9. The Morgan fingerprint density at radius 3 is 2.57 bits per heavy atom. The van der Waals surface area contributed by atoms with Crippen LogP contribution in [-0.4, -0.2) is 0 Å². The summed E-state index contributed by atoms with van der Waals surface area (Å²) in [6, 6.07) is 8.07. The number of hydrogen-bond acceptors (Lipinski definition) is 2. The minimum atomic E-state index is -4.34. The zero-order chi connectivity index (χ0) is 15.0. The Morgan fingerprint density at radius 2 is 2.00 bits per heavy atom. The molecular weight excluding hydrogens is 363 g/mol. The van der Waals surface area contributed by atoms with Crippen molar-refractivity contribution in [3.05, 3.63) is 50.6 Å². The molecule has 1 atom stereocenters. The molecule has 1 aromatic carbocycles. The first-order valence-electron chi connectivity index (χ1n) is 6.61. The molecule has 1 aromatic heterocycles. The van der Waals surface area contributed by atoms with E-state index in [-0.39, 0.29) is 6.04 Å². The molecule has 0 saturated heterocycles. The van der Waals surface area contributed by atoms with Gasteiger partial charge in [-0.05, 0) is 48.4 Å². The van der Waals surface area contributed by atoms with E-state index in [9.17, 15) is 13.2 Å². The number of halogens is 4. The van der Waals surface area contributed by atoms with E-state index in [1.807, 2.05) is 17.5 Å². The second kappa shape index (κ2) is 5.65. The van der Waals surface area contributed by atoms with Crippen molar-refractivity contribution in [1.82, 2.24) is 0 Å². The molecule has 112 valence electrons. The third-order valence-electron chi connectivity index (χ3n) is 3.49. The summed E-state index contributed by atoms with van der Waals surface area (Å²) in [6.07, 6.45) is -2.09. The van der Waals surface area contributed by atoms with Gasteiger partial charge in [0.2, 0.25) is 0 Å². The zero-order valence-corrected chi connectivity index (χ0v) is 13.4. The Labute approximate surface area is 133 Å². The Bertz CT molecular complexity index is 620. The number of nitrogens with one attached hydrogen (secondary N) is 1. The van der Waals surface area contributed by atoms with Gasteiger partial charge in [-0.2, -0.15) is 13.2 Å². The van der Waals surface area contributed by atoms with Crippen molar-refractivity contribution in [3.63, 3.8) is 0 Å². The molecule has 0 spiro atoms. The molecule has 0 aliphatic heterocycles. The normalized spacial score (nSPS) is 16.8. The van der Waals surface area contributed by atoms with E-state index in [0.29, 0.717) is 16.1 Å². The summed E-state index contributed by atoms with van der Waals surface area (Å²) in [4.78, 5) is 1.17. The van der Waals surface area contributed by atoms with Crippen LogP contribution in [0.5, 0.6) is 0 Å². The summed E-state index contributed by atoms with van der Waals surface area (Å²) in [5.74, 6) is 0.511. The maximum Gasteiger partial charge on any atom is 0.416 e. The molecule has 1 heterocycles. The van der Waals surface area contributed by atoms with Gasteiger partial charge in [0.05, 0.1) is 11.6 Å². The van der Waals surface area contributed by atoms with Crippen LogP contribution in [0.1, 0.15) is 29.3 Å². The standard InChI is InChI=1S/C15H13BrF3NS/c16-11-6-10(15(17,18)19)7-12(8-11)20-14(9-3-4-9)13-2-1-5-21-13/h1-2,5-9,14,20H,3-4H2. The Kier molecular flexibility index (Phi) is 4.01. The average molecular weight is 376 g/mol. The van der Waals surface area contributed by atoms with E-state index in [4.69, 9.17) is 0 Å². The van der Waals surface area contributed by atoms with Crippen LogP contribution in [0.2, 0.25) is 0 Å². The molecule has 1 aliphatic rings. The third-order valence-corrected chi connectivity index (χ3v) is 4.90. The highest BCUT2D eigenvalue weighted by molar-refractivity contribution is 9.10. The molecule has 0 bridgehead atoms. The van der Waals surface area contributed by atoms with Gasteiger partial charge in [0.15, 0.2) is 0 Å². The van der Waals surface area contributed by atoms with Crippen LogP contribution < -0.4 is 5.32 Å². The van der Waals surface area contributed by atoms with Crippen molar-refractivity contribution in [2.24, 2.45) is 5.92 Å². The number of anilines is 1. The van der Waals surface area contributed by atoms with Crippen LogP contribution in [0, 0.1) is 5.92 Å². The monoisotopic (exact) mass is 375 g/mol. The van der Waals surface area contributed by atoms with E-state index < -0.39 is 11.7 Å². The molecule has 1 unspecified atom stereocenters. The van der Waals surface area contributed by atoms with E-state index >= 15 is 0 Å². The minimum Gasteiger partial charge on any atom is -0.377 e. The van der Waals surface area contributed by atoms with Gasteiger partial charge < -0.3 is 5.32 Å². The van der Waals surface area contributed by atoms with Crippen molar-refractivity contribution in [1.29, 1.82) is 0 Å². The molecular formula is C15H13BrF3NS. The van der Waals surface area contributed by atoms with Crippen molar-refractivity contribution < 1.29 is 13.2 Å². The molecule has 1 N–H and O–H groups in total. The van der Waals surface area contributed by atoms with Gasteiger partial charge in [0.25, 0.3) is 0 Å². The van der Waals surface area contributed by atoms with Crippen LogP contribution in [0.3, 0.4) is 0 Å². The number of thiophene rings is 1.